The molecule has 3 nitrogen and oxygen atoms in total. The van der Waals surface area contributed by atoms with E-state index in [-0.39, 0.29) is 17.9 Å². The second-order valence-electron chi connectivity index (χ2n) is 5.37. The van der Waals surface area contributed by atoms with Gasteiger partial charge in [0, 0.05) is 6.04 Å². The molecule has 3 aliphatic rings. The highest BCUT2D eigenvalue weighted by Gasteiger charge is 2.47. The van der Waals surface area contributed by atoms with Crippen LogP contribution in [0.2, 0.25) is 0 Å². The summed E-state index contributed by atoms with van der Waals surface area (Å²) in [7, 11) is 0. The maximum Gasteiger partial charge on any atom is 0.261 e. The van der Waals surface area contributed by atoms with Crippen molar-refractivity contribution < 1.29 is 9.59 Å². The number of carbonyl (C=O) groups is 2. The van der Waals surface area contributed by atoms with E-state index in [1.807, 2.05) is 12.1 Å². The average molecular weight is 239 g/mol. The Kier molecular flexibility index (Phi) is 1.85. The predicted molar refractivity (Wildman–Crippen MR) is 66.1 cm³/mol. The van der Waals surface area contributed by atoms with Gasteiger partial charge in [-0.15, -0.1) is 0 Å². The van der Waals surface area contributed by atoms with Gasteiger partial charge >= 0.3 is 0 Å². The van der Waals surface area contributed by atoms with Crippen molar-refractivity contribution in [3.63, 3.8) is 0 Å². The lowest BCUT2D eigenvalue weighted by Crippen LogP contribution is -2.42. The van der Waals surface area contributed by atoms with E-state index < -0.39 is 0 Å². The molecule has 18 heavy (non-hydrogen) atoms. The van der Waals surface area contributed by atoms with E-state index in [0.29, 0.717) is 23.0 Å². The first-order valence-electron chi connectivity index (χ1n) is 6.41. The minimum Gasteiger partial charge on any atom is -0.271 e. The number of hydrogen-bond acceptors (Lipinski definition) is 2. The van der Waals surface area contributed by atoms with Gasteiger partial charge in [0.25, 0.3) is 11.8 Å². The summed E-state index contributed by atoms with van der Waals surface area (Å²) in [5.41, 5.74) is 1.13. The van der Waals surface area contributed by atoms with Crippen molar-refractivity contribution in [2.75, 3.05) is 0 Å². The van der Waals surface area contributed by atoms with Gasteiger partial charge in [-0.05, 0) is 36.8 Å². The third-order valence-electron chi connectivity index (χ3n) is 4.40. The van der Waals surface area contributed by atoms with Crippen LogP contribution in [0.3, 0.4) is 0 Å². The van der Waals surface area contributed by atoms with Gasteiger partial charge in [0.1, 0.15) is 0 Å². The maximum atomic E-state index is 12.4. The molecular weight excluding hydrogens is 226 g/mol. The zero-order valence-corrected chi connectivity index (χ0v) is 9.87. The third-order valence-corrected chi connectivity index (χ3v) is 4.40. The Labute approximate surface area is 105 Å². The summed E-state index contributed by atoms with van der Waals surface area (Å²) in [5, 5.41) is 0. The summed E-state index contributed by atoms with van der Waals surface area (Å²) < 4.78 is 0. The molecule has 2 aliphatic carbocycles. The van der Waals surface area contributed by atoms with Crippen LogP contribution < -0.4 is 0 Å². The Morgan fingerprint density at radius 1 is 0.944 bits per heavy atom. The lowest BCUT2D eigenvalue weighted by Gasteiger charge is -2.27. The first-order chi connectivity index (χ1) is 8.75. The summed E-state index contributed by atoms with van der Waals surface area (Å²) in [6, 6.07) is 7.20. The molecule has 1 fully saturated rings. The normalized spacial score (nSPS) is 32.4. The molecule has 4 rings (SSSR count). The molecule has 0 spiro atoms. The van der Waals surface area contributed by atoms with Gasteiger partial charge in [0.05, 0.1) is 11.1 Å². The molecule has 2 amide bonds. The Balaban J connectivity index is 1.75. The van der Waals surface area contributed by atoms with Crippen LogP contribution in [-0.4, -0.2) is 22.8 Å². The highest BCUT2D eigenvalue weighted by Crippen LogP contribution is 2.43. The number of nitrogens with zero attached hydrogens (tertiary/aromatic N) is 1. The molecule has 1 aromatic rings. The van der Waals surface area contributed by atoms with Crippen molar-refractivity contribution in [3.8, 4) is 0 Å². The number of fused-ring (bicyclic) bond motifs is 3. The van der Waals surface area contributed by atoms with Crippen molar-refractivity contribution >= 4 is 11.8 Å². The fourth-order valence-corrected chi connectivity index (χ4v) is 3.56. The monoisotopic (exact) mass is 239 g/mol. The molecule has 2 bridgehead atoms. The molecule has 0 N–H and O–H groups in total. The number of benzene rings is 1. The van der Waals surface area contributed by atoms with Crippen LogP contribution in [0.25, 0.3) is 0 Å². The minimum absolute atomic E-state index is 0.0763. The minimum atomic E-state index is -0.110. The summed E-state index contributed by atoms with van der Waals surface area (Å²) in [5.74, 6) is 0.713. The van der Waals surface area contributed by atoms with Crippen molar-refractivity contribution in [1.29, 1.82) is 0 Å². The predicted octanol–water partition coefficient (Wildman–Crippen LogP) is 2.25. The Morgan fingerprint density at radius 3 is 2.11 bits per heavy atom. The smallest absolute Gasteiger partial charge is 0.261 e. The Hall–Kier alpha value is -1.90. The molecule has 0 radical (unpaired) electrons. The van der Waals surface area contributed by atoms with Gasteiger partial charge in [0.2, 0.25) is 0 Å². The highest BCUT2D eigenvalue weighted by atomic mass is 16.2. The molecule has 1 heterocycles. The van der Waals surface area contributed by atoms with Crippen molar-refractivity contribution in [2.24, 2.45) is 11.8 Å². The maximum absolute atomic E-state index is 12.4. The second-order valence-corrected chi connectivity index (χ2v) is 5.37. The van der Waals surface area contributed by atoms with Gasteiger partial charge in [-0.1, -0.05) is 24.3 Å². The summed E-state index contributed by atoms with van der Waals surface area (Å²) in [4.78, 5) is 26.2. The van der Waals surface area contributed by atoms with Crippen LogP contribution in [0.5, 0.6) is 0 Å². The van der Waals surface area contributed by atoms with E-state index in [4.69, 9.17) is 0 Å². The van der Waals surface area contributed by atoms with Crippen molar-refractivity contribution in [2.45, 2.75) is 18.9 Å². The van der Waals surface area contributed by atoms with Gasteiger partial charge in [-0.25, -0.2) is 0 Å². The van der Waals surface area contributed by atoms with Crippen LogP contribution in [0.15, 0.2) is 36.4 Å². The van der Waals surface area contributed by atoms with Gasteiger partial charge in [-0.3, -0.25) is 14.5 Å². The average Bonchev–Trinajstić information content (AvgIpc) is 3.06. The van der Waals surface area contributed by atoms with Crippen LogP contribution in [0.4, 0.5) is 0 Å². The van der Waals surface area contributed by atoms with E-state index in [9.17, 15) is 9.59 Å². The first-order valence-corrected chi connectivity index (χ1v) is 6.41. The number of carbonyl (C=O) groups excluding carboxylic acids is 2. The quantitative estimate of drug-likeness (QED) is 0.556. The standard InChI is InChI=1S/C15H13NO2/c17-14-11-3-1-2-4-12(11)15(18)16(14)13-8-9-5-6-10(13)7-9/h1-6,9-10,13H,7-8H2. The molecule has 90 valence electrons. The molecule has 3 atom stereocenters. The van der Waals surface area contributed by atoms with Crippen LogP contribution in [-0.2, 0) is 0 Å². The summed E-state index contributed by atoms with van der Waals surface area (Å²) >= 11 is 0. The van der Waals surface area contributed by atoms with Crippen LogP contribution >= 0.6 is 0 Å². The molecule has 1 aromatic carbocycles. The molecule has 0 saturated heterocycles. The van der Waals surface area contributed by atoms with Crippen LogP contribution in [0, 0.1) is 11.8 Å². The Morgan fingerprint density at radius 2 is 1.61 bits per heavy atom. The molecule has 1 saturated carbocycles. The Bertz CT molecular complexity index is 555. The van der Waals surface area contributed by atoms with E-state index in [1.54, 1.807) is 12.1 Å². The fraction of sp³-hybridized carbons (Fsp3) is 0.333. The largest absolute Gasteiger partial charge is 0.271 e. The highest BCUT2D eigenvalue weighted by molar-refractivity contribution is 6.21. The first kappa shape index (κ1) is 10.1. The van der Waals surface area contributed by atoms with Gasteiger partial charge < -0.3 is 0 Å². The SMILES string of the molecule is O=C1c2ccccc2C(=O)N1C1CC2C=CC1C2. The lowest BCUT2D eigenvalue weighted by atomic mass is 10.00. The van der Waals surface area contributed by atoms with Crippen LogP contribution in [0.1, 0.15) is 33.6 Å². The zero-order chi connectivity index (χ0) is 12.3. The number of hydrogen-bond donors (Lipinski definition) is 0. The van der Waals surface area contributed by atoms with Crippen molar-refractivity contribution in [1.82, 2.24) is 4.90 Å². The van der Waals surface area contributed by atoms with E-state index in [2.05, 4.69) is 12.2 Å². The fourth-order valence-electron chi connectivity index (χ4n) is 3.56. The number of rotatable bonds is 1. The number of amides is 2. The lowest BCUT2D eigenvalue weighted by molar-refractivity contribution is 0.0561. The zero-order valence-electron chi connectivity index (χ0n) is 9.87. The molecule has 3 heteroatoms. The second kappa shape index (κ2) is 3.31. The third kappa shape index (κ3) is 1.14. The van der Waals surface area contributed by atoms with E-state index >= 15 is 0 Å². The van der Waals surface area contributed by atoms with E-state index in [0.717, 1.165) is 12.8 Å². The molecular formula is C15H13NO2. The van der Waals surface area contributed by atoms with Crippen molar-refractivity contribution in [3.05, 3.63) is 47.5 Å². The molecule has 0 aromatic heterocycles. The molecule has 1 aliphatic heterocycles. The number of imide groups is 1. The topological polar surface area (TPSA) is 37.4 Å². The summed E-state index contributed by atoms with van der Waals surface area (Å²) in [6.45, 7) is 0. The summed E-state index contributed by atoms with van der Waals surface area (Å²) in [6.07, 6.45) is 6.42. The molecule has 3 unspecified atom stereocenters. The number of allylic oxidation sites excluding steroid dienone is 1. The van der Waals surface area contributed by atoms with Gasteiger partial charge in [0.15, 0.2) is 0 Å². The van der Waals surface area contributed by atoms with E-state index in [1.165, 1.54) is 4.90 Å². The van der Waals surface area contributed by atoms with Gasteiger partial charge in [-0.2, -0.15) is 0 Å².